The van der Waals surface area contributed by atoms with Crippen molar-refractivity contribution >= 4 is 0 Å². The molecule has 1 aromatic rings. The fourth-order valence-corrected chi connectivity index (χ4v) is 2.69. The monoisotopic (exact) mass is 238 g/mol. The second-order valence-corrected chi connectivity index (χ2v) is 5.02. The van der Waals surface area contributed by atoms with Gasteiger partial charge in [0.05, 0.1) is 11.8 Å². The molecule has 1 fully saturated rings. The van der Waals surface area contributed by atoms with Crippen LogP contribution in [0.3, 0.4) is 0 Å². The van der Waals surface area contributed by atoms with Crippen molar-refractivity contribution in [2.45, 2.75) is 39.2 Å². The molecule has 0 amide bonds. The Bertz CT molecular complexity index is 381. The second kappa shape index (κ2) is 5.19. The minimum absolute atomic E-state index is 0.383. The summed E-state index contributed by atoms with van der Waals surface area (Å²) in [6, 6.07) is 0. The van der Waals surface area contributed by atoms with Gasteiger partial charge in [-0.2, -0.15) is 5.10 Å². The summed E-state index contributed by atoms with van der Waals surface area (Å²) >= 11 is 0. The summed E-state index contributed by atoms with van der Waals surface area (Å²) in [6.45, 7) is 5.66. The highest BCUT2D eigenvalue weighted by molar-refractivity contribution is 5.26. The van der Waals surface area contributed by atoms with Crippen molar-refractivity contribution in [3.63, 3.8) is 0 Å². The van der Waals surface area contributed by atoms with Gasteiger partial charge in [0, 0.05) is 31.5 Å². The van der Waals surface area contributed by atoms with E-state index in [-0.39, 0.29) is 6.10 Å². The first-order valence-corrected chi connectivity index (χ1v) is 6.35. The number of aliphatic hydroxyl groups is 1. The molecule has 0 spiro atoms. The molecule has 1 atom stereocenters. The van der Waals surface area contributed by atoms with E-state index in [0.717, 1.165) is 49.4 Å². The maximum atomic E-state index is 10.4. The van der Waals surface area contributed by atoms with E-state index < -0.39 is 0 Å². The van der Waals surface area contributed by atoms with E-state index in [4.69, 9.17) is 4.74 Å². The van der Waals surface area contributed by atoms with Crippen LogP contribution in [0.2, 0.25) is 0 Å². The first-order chi connectivity index (χ1) is 8.09. The van der Waals surface area contributed by atoms with Gasteiger partial charge in [-0.3, -0.25) is 4.68 Å². The van der Waals surface area contributed by atoms with E-state index in [9.17, 15) is 5.11 Å². The molecule has 96 valence electrons. The van der Waals surface area contributed by atoms with Crippen LogP contribution in [0, 0.1) is 19.8 Å². The summed E-state index contributed by atoms with van der Waals surface area (Å²) in [5, 5.41) is 14.7. The lowest BCUT2D eigenvalue weighted by atomic mass is 9.90. The Hall–Kier alpha value is -0.870. The minimum Gasteiger partial charge on any atom is -0.388 e. The summed E-state index contributed by atoms with van der Waals surface area (Å²) in [5.74, 6) is 0.581. The van der Waals surface area contributed by atoms with E-state index >= 15 is 0 Å². The summed E-state index contributed by atoms with van der Waals surface area (Å²) in [4.78, 5) is 0. The molecule has 2 heterocycles. The van der Waals surface area contributed by atoms with Gasteiger partial charge >= 0.3 is 0 Å². The zero-order chi connectivity index (χ0) is 12.4. The number of aliphatic hydroxyl groups excluding tert-OH is 1. The molecule has 4 heteroatoms. The van der Waals surface area contributed by atoms with Crippen molar-refractivity contribution in [1.82, 2.24) is 9.78 Å². The number of rotatable bonds is 3. The van der Waals surface area contributed by atoms with Crippen LogP contribution >= 0.6 is 0 Å². The predicted molar refractivity (Wildman–Crippen MR) is 65.8 cm³/mol. The molecule has 1 N–H and O–H groups in total. The van der Waals surface area contributed by atoms with Gasteiger partial charge in [0.25, 0.3) is 0 Å². The number of nitrogens with zero attached hydrogens (tertiary/aromatic N) is 2. The smallest absolute Gasteiger partial charge is 0.0828 e. The average molecular weight is 238 g/mol. The number of aryl methyl sites for hydroxylation is 2. The second-order valence-electron chi connectivity index (χ2n) is 5.02. The number of aromatic nitrogens is 2. The van der Waals surface area contributed by atoms with E-state index in [1.54, 1.807) is 0 Å². The van der Waals surface area contributed by atoms with Crippen LogP contribution in [0.4, 0.5) is 0 Å². The lowest BCUT2D eigenvalue weighted by Gasteiger charge is -2.24. The van der Waals surface area contributed by atoms with Gasteiger partial charge in [-0.1, -0.05) is 0 Å². The Labute approximate surface area is 103 Å². The molecule has 17 heavy (non-hydrogen) atoms. The molecule has 1 unspecified atom stereocenters. The van der Waals surface area contributed by atoms with Gasteiger partial charge < -0.3 is 9.84 Å². The van der Waals surface area contributed by atoms with E-state index in [2.05, 4.69) is 5.10 Å². The fraction of sp³-hybridized carbons (Fsp3) is 0.769. The highest BCUT2D eigenvalue weighted by Gasteiger charge is 2.23. The predicted octanol–water partition coefficient (Wildman–Crippen LogP) is 1.89. The number of ether oxygens (including phenoxy) is 1. The highest BCUT2D eigenvalue weighted by atomic mass is 16.5. The van der Waals surface area contributed by atoms with Crippen LogP contribution in [-0.2, 0) is 11.8 Å². The van der Waals surface area contributed by atoms with Gasteiger partial charge in [-0.05, 0) is 39.0 Å². The molecule has 0 saturated carbocycles. The van der Waals surface area contributed by atoms with Crippen molar-refractivity contribution in [2.75, 3.05) is 13.2 Å². The number of hydrogen-bond acceptors (Lipinski definition) is 3. The quantitative estimate of drug-likeness (QED) is 0.874. The van der Waals surface area contributed by atoms with Crippen molar-refractivity contribution in [3.05, 3.63) is 17.0 Å². The Morgan fingerprint density at radius 3 is 2.59 bits per heavy atom. The Balaban J connectivity index is 2.05. The Morgan fingerprint density at radius 1 is 1.41 bits per heavy atom. The molecule has 1 aromatic heterocycles. The van der Waals surface area contributed by atoms with Crippen LogP contribution in [0.15, 0.2) is 0 Å². The molecule has 4 nitrogen and oxygen atoms in total. The Kier molecular flexibility index (Phi) is 3.84. The van der Waals surface area contributed by atoms with E-state index in [1.807, 2.05) is 25.6 Å². The fourth-order valence-electron chi connectivity index (χ4n) is 2.69. The van der Waals surface area contributed by atoms with Crippen LogP contribution in [0.25, 0.3) is 0 Å². The average Bonchev–Trinajstić information content (AvgIpc) is 2.54. The van der Waals surface area contributed by atoms with Crippen molar-refractivity contribution in [1.29, 1.82) is 0 Å². The standard InChI is InChI=1S/C13H22N2O2/c1-9-13(10(2)15(3)14-9)12(16)8-11-4-6-17-7-5-11/h11-12,16H,4-8H2,1-3H3. The molecule has 0 aromatic carbocycles. The summed E-state index contributed by atoms with van der Waals surface area (Å²) in [7, 11) is 1.92. The van der Waals surface area contributed by atoms with Gasteiger partial charge in [-0.25, -0.2) is 0 Å². The zero-order valence-corrected chi connectivity index (χ0v) is 10.9. The van der Waals surface area contributed by atoms with Crippen molar-refractivity contribution in [2.24, 2.45) is 13.0 Å². The molecule has 1 aliphatic rings. The normalized spacial score (nSPS) is 19.5. The third-order valence-corrected chi connectivity index (χ3v) is 3.80. The SMILES string of the molecule is Cc1nn(C)c(C)c1C(O)CC1CCOCC1. The van der Waals surface area contributed by atoms with Crippen LogP contribution < -0.4 is 0 Å². The van der Waals surface area contributed by atoms with Gasteiger partial charge in [-0.15, -0.1) is 0 Å². The molecule has 1 aliphatic heterocycles. The molecule has 0 bridgehead atoms. The molecule has 0 radical (unpaired) electrons. The Morgan fingerprint density at radius 2 is 2.06 bits per heavy atom. The summed E-state index contributed by atoms with van der Waals surface area (Å²) in [6.07, 6.45) is 2.58. The first-order valence-electron chi connectivity index (χ1n) is 6.35. The summed E-state index contributed by atoms with van der Waals surface area (Å²) < 4.78 is 7.19. The lowest BCUT2D eigenvalue weighted by Crippen LogP contribution is -2.18. The molecule has 2 rings (SSSR count). The molecule has 1 saturated heterocycles. The van der Waals surface area contributed by atoms with Crippen molar-refractivity contribution in [3.8, 4) is 0 Å². The maximum absolute atomic E-state index is 10.4. The number of hydrogen-bond donors (Lipinski definition) is 1. The third kappa shape index (κ3) is 2.69. The summed E-state index contributed by atoms with van der Waals surface area (Å²) in [5.41, 5.74) is 3.03. The van der Waals surface area contributed by atoms with Gasteiger partial charge in [0.2, 0.25) is 0 Å². The largest absolute Gasteiger partial charge is 0.388 e. The van der Waals surface area contributed by atoms with Crippen LogP contribution in [-0.4, -0.2) is 28.1 Å². The maximum Gasteiger partial charge on any atom is 0.0828 e. The molecular weight excluding hydrogens is 216 g/mol. The topological polar surface area (TPSA) is 47.3 Å². The molecule has 0 aliphatic carbocycles. The van der Waals surface area contributed by atoms with E-state index in [0.29, 0.717) is 5.92 Å². The minimum atomic E-state index is -0.383. The van der Waals surface area contributed by atoms with Crippen molar-refractivity contribution < 1.29 is 9.84 Å². The first kappa shape index (κ1) is 12.6. The van der Waals surface area contributed by atoms with Gasteiger partial charge in [0.1, 0.15) is 0 Å². The van der Waals surface area contributed by atoms with Crippen LogP contribution in [0.5, 0.6) is 0 Å². The zero-order valence-electron chi connectivity index (χ0n) is 10.9. The molecular formula is C13H22N2O2. The van der Waals surface area contributed by atoms with E-state index in [1.165, 1.54) is 0 Å². The van der Waals surface area contributed by atoms with Gasteiger partial charge in [0.15, 0.2) is 0 Å². The lowest BCUT2D eigenvalue weighted by molar-refractivity contribution is 0.0433. The third-order valence-electron chi connectivity index (χ3n) is 3.80. The van der Waals surface area contributed by atoms with Crippen LogP contribution in [0.1, 0.15) is 42.3 Å². The highest BCUT2D eigenvalue weighted by Crippen LogP contribution is 2.30.